The van der Waals surface area contributed by atoms with Gasteiger partial charge in [-0.3, -0.25) is 14.4 Å². The molecule has 0 atom stereocenters. The van der Waals surface area contributed by atoms with E-state index in [1.54, 1.807) is 49.4 Å². The van der Waals surface area contributed by atoms with Gasteiger partial charge in [-0.2, -0.15) is 5.10 Å². The molecule has 0 aromatic heterocycles. The van der Waals surface area contributed by atoms with Crippen molar-refractivity contribution in [1.82, 2.24) is 0 Å². The molecule has 0 aliphatic carbocycles. The molecule has 0 fully saturated rings. The molecular formula is C20H19ClN4O3. The number of nitrogens with zero attached hydrogens (tertiary/aromatic N) is 2. The summed E-state index contributed by atoms with van der Waals surface area (Å²) >= 11 is 6.17. The quantitative estimate of drug-likeness (QED) is 0.802. The molecule has 7 nitrogen and oxygen atoms in total. The molecule has 1 heterocycles. The molecule has 3 amide bonds. The SMILES string of the molecule is CCC(=O)Nc1ccc(Cl)c(NC(=O)C2=NN(c3ccccc3)C(=O)CC2)c1. The number of hydrogen-bond donors (Lipinski definition) is 2. The highest BCUT2D eigenvalue weighted by atomic mass is 35.5. The number of carbonyl (C=O) groups is 3. The molecule has 0 radical (unpaired) electrons. The van der Waals surface area contributed by atoms with Crippen LogP contribution in [0, 0.1) is 0 Å². The van der Waals surface area contributed by atoms with E-state index in [0.29, 0.717) is 28.5 Å². The average Bonchev–Trinajstić information content (AvgIpc) is 2.71. The lowest BCUT2D eigenvalue weighted by Gasteiger charge is -2.23. The molecule has 0 unspecified atom stereocenters. The monoisotopic (exact) mass is 398 g/mol. The summed E-state index contributed by atoms with van der Waals surface area (Å²) in [5, 5.41) is 11.2. The standard InChI is InChI=1S/C20H19ClN4O3/c1-2-18(26)22-13-8-9-15(21)17(12-13)23-20(28)16-10-11-19(27)25(24-16)14-6-4-3-5-7-14/h3-9,12H,2,10-11H2,1H3,(H,22,26)(H,23,28). The minimum Gasteiger partial charge on any atom is -0.326 e. The fourth-order valence-corrected chi connectivity index (χ4v) is 2.80. The second-order valence-corrected chi connectivity index (χ2v) is 6.55. The maximum absolute atomic E-state index is 12.7. The predicted octanol–water partition coefficient (Wildman–Crippen LogP) is 3.81. The molecule has 0 spiro atoms. The van der Waals surface area contributed by atoms with Crippen molar-refractivity contribution < 1.29 is 14.4 Å². The molecule has 1 aliphatic heterocycles. The van der Waals surface area contributed by atoms with Crippen LogP contribution in [0.5, 0.6) is 0 Å². The number of halogens is 1. The van der Waals surface area contributed by atoms with Crippen LogP contribution in [0.25, 0.3) is 0 Å². The van der Waals surface area contributed by atoms with Gasteiger partial charge in [-0.25, -0.2) is 5.01 Å². The van der Waals surface area contributed by atoms with Crippen LogP contribution in [0.15, 0.2) is 53.6 Å². The third kappa shape index (κ3) is 4.55. The van der Waals surface area contributed by atoms with Gasteiger partial charge in [0.15, 0.2) is 0 Å². The van der Waals surface area contributed by atoms with Gasteiger partial charge in [-0.05, 0) is 30.3 Å². The first kappa shape index (κ1) is 19.6. The molecule has 28 heavy (non-hydrogen) atoms. The van der Waals surface area contributed by atoms with Crippen LogP contribution in [-0.4, -0.2) is 23.4 Å². The molecule has 2 aromatic carbocycles. The summed E-state index contributed by atoms with van der Waals surface area (Å²) < 4.78 is 0. The minimum atomic E-state index is -0.450. The number of hydrazone groups is 1. The van der Waals surface area contributed by atoms with E-state index in [9.17, 15) is 14.4 Å². The van der Waals surface area contributed by atoms with Crippen molar-refractivity contribution in [2.45, 2.75) is 26.2 Å². The Bertz CT molecular complexity index is 944. The van der Waals surface area contributed by atoms with Gasteiger partial charge < -0.3 is 10.6 Å². The summed E-state index contributed by atoms with van der Waals surface area (Å²) in [6.07, 6.45) is 0.754. The van der Waals surface area contributed by atoms with E-state index in [4.69, 9.17) is 11.6 Å². The Labute approximate surface area is 167 Å². The summed E-state index contributed by atoms with van der Waals surface area (Å²) in [5.41, 5.74) is 1.70. The highest BCUT2D eigenvalue weighted by Crippen LogP contribution is 2.26. The maximum Gasteiger partial charge on any atom is 0.271 e. The fraction of sp³-hybridized carbons (Fsp3) is 0.200. The zero-order valence-electron chi connectivity index (χ0n) is 15.2. The number of hydrogen-bond acceptors (Lipinski definition) is 4. The van der Waals surface area contributed by atoms with Crippen molar-refractivity contribution in [1.29, 1.82) is 0 Å². The number of carbonyl (C=O) groups excluding carboxylic acids is 3. The molecule has 8 heteroatoms. The van der Waals surface area contributed by atoms with Crippen LogP contribution < -0.4 is 15.6 Å². The van der Waals surface area contributed by atoms with Crippen LogP contribution in [0.4, 0.5) is 17.1 Å². The highest BCUT2D eigenvalue weighted by Gasteiger charge is 2.26. The lowest BCUT2D eigenvalue weighted by molar-refractivity contribution is -0.119. The number of amides is 3. The van der Waals surface area contributed by atoms with Gasteiger partial charge in [0, 0.05) is 24.9 Å². The molecule has 0 saturated carbocycles. The Kier molecular flexibility index (Phi) is 6.06. The molecular weight excluding hydrogens is 380 g/mol. The number of benzene rings is 2. The Balaban J connectivity index is 1.80. The topological polar surface area (TPSA) is 90.9 Å². The second-order valence-electron chi connectivity index (χ2n) is 6.14. The van der Waals surface area contributed by atoms with Crippen LogP contribution in [-0.2, 0) is 14.4 Å². The smallest absolute Gasteiger partial charge is 0.271 e. The molecule has 0 saturated heterocycles. The van der Waals surface area contributed by atoms with Crippen molar-refractivity contribution in [3.05, 3.63) is 53.6 Å². The number of anilines is 3. The molecule has 144 valence electrons. The second kappa shape index (κ2) is 8.67. The van der Waals surface area contributed by atoms with Gasteiger partial charge in [0.1, 0.15) is 5.71 Å². The lowest BCUT2D eigenvalue weighted by Crippen LogP contribution is -2.36. The predicted molar refractivity (Wildman–Crippen MR) is 110 cm³/mol. The first-order valence-electron chi connectivity index (χ1n) is 8.84. The van der Waals surface area contributed by atoms with Crippen molar-refractivity contribution in [2.75, 3.05) is 15.6 Å². The van der Waals surface area contributed by atoms with E-state index in [-0.39, 0.29) is 30.4 Å². The van der Waals surface area contributed by atoms with Crippen molar-refractivity contribution >= 4 is 52.1 Å². The molecule has 3 rings (SSSR count). The summed E-state index contributed by atoms with van der Waals surface area (Å²) in [4.78, 5) is 36.4. The summed E-state index contributed by atoms with van der Waals surface area (Å²) in [6.45, 7) is 1.74. The molecule has 1 aliphatic rings. The van der Waals surface area contributed by atoms with E-state index in [2.05, 4.69) is 15.7 Å². The van der Waals surface area contributed by atoms with Crippen LogP contribution in [0.1, 0.15) is 26.2 Å². The highest BCUT2D eigenvalue weighted by molar-refractivity contribution is 6.45. The van der Waals surface area contributed by atoms with Gasteiger partial charge in [-0.1, -0.05) is 36.7 Å². The van der Waals surface area contributed by atoms with Crippen LogP contribution in [0.2, 0.25) is 5.02 Å². The fourth-order valence-electron chi connectivity index (χ4n) is 2.63. The van der Waals surface area contributed by atoms with Gasteiger partial charge in [0.2, 0.25) is 11.8 Å². The summed E-state index contributed by atoms with van der Waals surface area (Å²) in [6, 6.07) is 13.7. The van der Waals surface area contributed by atoms with Gasteiger partial charge >= 0.3 is 0 Å². The lowest BCUT2D eigenvalue weighted by atomic mass is 10.1. The van der Waals surface area contributed by atoms with Gasteiger partial charge in [0.05, 0.1) is 16.4 Å². The zero-order valence-corrected chi connectivity index (χ0v) is 16.0. The van der Waals surface area contributed by atoms with E-state index in [1.807, 2.05) is 6.07 Å². The van der Waals surface area contributed by atoms with E-state index in [0.717, 1.165) is 0 Å². The van der Waals surface area contributed by atoms with Crippen LogP contribution in [0.3, 0.4) is 0 Å². The zero-order chi connectivity index (χ0) is 20.1. The summed E-state index contributed by atoms with van der Waals surface area (Å²) in [5.74, 6) is -0.771. The normalized spacial score (nSPS) is 13.7. The van der Waals surface area contributed by atoms with Crippen LogP contribution >= 0.6 is 11.6 Å². The van der Waals surface area contributed by atoms with E-state index < -0.39 is 5.91 Å². The first-order chi connectivity index (χ1) is 13.5. The van der Waals surface area contributed by atoms with Crippen molar-refractivity contribution in [2.24, 2.45) is 5.10 Å². The molecule has 2 aromatic rings. The van der Waals surface area contributed by atoms with Crippen molar-refractivity contribution in [3.8, 4) is 0 Å². The Morgan fingerprint density at radius 2 is 1.86 bits per heavy atom. The molecule has 0 bridgehead atoms. The third-order valence-electron chi connectivity index (χ3n) is 4.11. The molecule has 2 N–H and O–H groups in total. The Morgan fingerprint density at radius 1 is 1.11 bits per heavy atom. The third-order valence-corrected chi connectivity index (χ3v) is 4.44. The maximum atomic E-state index is 12.7. The average molecular weight is 399 g/mol. The Morgan fingerprint density at radius 3 is 2.57 bits per heavy atom. The van der Waals surface area contributed by atoms with Gasteiger partial charge in [-0.15, -0.1) is 0 Å². The number of nitrogens with one attached hydrogen (secondary N) is 2. The first-order valence-corrected chi connectivity index (χ1v) is 9.22. The van der Waals surface area contributed by atoms with E-state index in [1.165, 1.54) is 5.01 Å². The Hall–Kier alpha value is -3.19. The van der Waals surface area contributed by atoms with Crippen molar-refractivity contribution in [3.63, 3.8) is 0 Å². The number of para-hydroxylation sites is 1. The van der Waals surface area contributed by atoms with Gasteiger partial charge in [0.25, 0.3) is 5.91 Å². The minimum absolute atomic E-state index is 0.145. The largest absolute Gasteiger partial charge is 0.326 e. The number of rotatable bonds is 5. The summed E-state index contributed by atoms with van der Waals surface area (Å²) in [7, 11) is 0. The van der Waals surface area contributed by atoms with E-state index >= 15 is 0 Å².